The van der Waals surface area contributed by atoms with Crippen LogP contribution in [-0.4, -0.2) is 29.3 Å². The molecule has 0 unspecified atom stereocenters. The van der Waals surface area contributed by atoms with E-state index in [2.05, 4.69) is 43.4 Å². The number of amides is 2. The molecule has 184 valence electrons. The number of hydrogen-bond donors (Lipinski definition) is 1. The summed E-state index contributed by atoms with van der Waals surface area (Å²) in [7, 11) is 0. The van der Waals surface area contributed by atoms with E-state index in [0.29, 0.717) is 43.3 Å². The van der Waals surface area contributed by atoms with E-state index in [1.807, 2.05) is 61.5 Å². The first kappa shape index (κ1) is 26.5. The van der Waals surface area contributed by atoms with Crippen LogP contribution in [0.25, 0.3) is 0 Å². The van der Waals surface area contributed by atoms with Crippen molar-refractivity contribution < 1.29 is 9.59 Å². The first-order valence-corrected chi connectivity index (χ1v) is 12.6. The zero-order valence-corrected chi connectivity index (χ0v) is 21.6. The van der Waals surface area contributed by atoms with Gasteiger partial charge in [0.25, 0.3) is 0 Å². The standard InChI is InChI=1S/C30H35ClN2O2/c1-22(2)20-32-30(35)28(19-25-7-5-4-6-8-25)33(21-26-13-16-27(31)17-14-26)29(34)18-15-24-11-9-23(3)10-12-24/h4-14,16-17,22,28H,15,18-21H2,1-3H3,(H,32,35)/t28-/m1/s1. The molecule has 0 fully saturated rings. The smallest absolute Gasteiger partial charge is 0.243 e. The zero-order chi connectivity index (χ0) is 25.2. The van der Waals surface area contributed by atoms with Gasteiger partial charge in [0.05, 0.1) is 0 Å². The largest absolute Gasteiger partial charge is 0.354 e. The molecule has 0 radical (unpaired) electrons. The van der Waals surface area contributed by atoms with Crippen molar-refractivity contribution in [3.05, 3.63) is 106 Å². The number of nitrogens with one attached hydrogen (secondary N) is 1. The maximum Gasteiger partial charge on any atom is 0.243 e. The topological polar surface area (TPSA) is 49.4 Å². The molecule has 0 aliphatic heterocycles. The van der Waals surface area contributed by atoms with E-state index >= 15 is 0 Å². The van der Waals surface area contributed by atoms with Gasteiger partial charge in [-0.1, -0.05) is 97.7 Å². The highest BCUT2D eigenvalue weighted by Crippen LogP contribution is 2.18. The lowest BCUT2D eigenvalue weighted by Gasteiger charge is -2.32. The van der Waals surface area contributed by atoms with Gasteiger partial charge in [0, 0.05) is 31.0 Å². The van der Waals surface area contributed by atoms with E-state index in [4.69, 9.17) is 11.6 Å². The lowest BCUT2D eigenvalue weighted by atomic mass is 10.0. The lowest BCUT2D eigenvalue weighted by Crippen LogP contribution is -2.51. The summed E-state index contributed by atoms with van der Waals surface area (Å²) in [5, 5.41) is 3.70. The normalized spacial score (nSPS) is 11.8. The molecule has 0 spiro atoms. The Morgan fingerprint density at radius 1 is 0.857 bits per heavy atom. The fourth-order valence-corrected chi connectivity index (χ4v) is 4.04. The molecule has 1 N–H and O–H groups in total. The van der Waals surface area contributed by atoms with Gasteiger partial charge < -0.3 is 10.2 Å². The predicted molar refractivity (Wildman–Crippen MR) is 143 cm³/mol. The number of nitrogens with zero attached hydrogens (tertiary/aromatic N) is 1. The Balaban J connectivity index is 1.88. The summed E-state index contributed by atoms with van der Waals surface area (Å²) < 4.78 is 0. The summed E-state index contributed by atoms with van der Waals surface area (Å²) in [5.41, 5.74) is 4.26. The predicted octanol–water partition coefficient (Wildman–Crippen LogP) is 5.99. The van der Waals surface area contributed by atoms with Gasteiger partial charge >= 0.3 is 0 Å². The Bertz CT molecular complexity index is 1080. The number of aryl methyl sites for hydroxylation is 2. The van der Waals surface area contributed by atoms with Gasteiger partial charge in [0.2, 0.25) is 11.8 Å². The number of hydrogen-bond acceptors (Lipinski definition) is 2. The fourth-order valence-electron chi connectivity index (χ4n) is 3.91. The summed E-state index contributed by atoms with van der Waals surface area (Å²) in [4.78, 5) is 28.8. The molecular weight excluding hydrogens is 456 g/mol. The van der Waals surface area contributed by atoms with Crippen molar-refractivity contribution in [1.82, 2.24) is 10.2 Å². The first-order chi connectivity index (χ1) is 16.8. The highest BCUT2D eigenvalue weighted by Gasteiger charge is 2.30. The maximum absolute atomic E-state index is 13.6. The van der Waals surface area contributed by atoms with Crippen molar-refractivity contribution in [3.8, 4) is 0 Å². The molecule has 0 saturated carbocycles. The fraction of sp³-hybridized carbons (Fsp3) is 0.333. The molecule has 0 heterocycles. The van der Waals surface area contributed by atoms with Gasteiger partial charge in [-0.25, -0.2) is 0 Å². The second-order valence-electron chi connectivity index (χ2n) is 9.48. The van der Waals surface area contributed by atoms with Crippen LogP contribution in [0, 0.1) is 12.8 Å². The average Bonchev–Trinajstić information content (AvgIpc) is 2.86. The minimum Gasteiger partial charge on any atom is -0.354 e. The molecule has 35 heavy (non-hydrogen) atoms. The number of carbonyl (C=O) groups is 2. The van der Waals surface area contributed by atoms with Crippen molar-refractivity contribution in [3.63, 3.8) is 0 Å². The minimum atomic E-state index is -0.614. The van der Waals surface area contributed by atoms with Gasteiger partial charge in [-0.05, 0) is 48.1 Å². The van der Waals surface area contributed by atoms with Crippen LogP contribution in [-0.2, 0) is 29.0 Å². The average molecular weight is 491 g/mol. The van der Waals surface area contributed by atoms with Crippen LogP contribution in [0.4, 0.5) is 0 Å². The second kappa shape index (κ2) is 13.1. The van der Waals surface area contributed by atoms with Gasteiger partial charge in [-0.3, -0.25) is 9.59 Å². The highest BCUT2D eigenvalue weighted by molar-refractivity contribution is 6.30. The Labute approximate surface area is 214 Å². The van der Waals surface area contributed by atoms with E-state index < -0.39 is 6.04 Å². The van der Waals surface area contributed by atoms with Crippen molar-refractivity contribution in [2.45, 2.75) is 52.6 Å². The summed E-state index contributed by atoms with van der Waals surface area (Å²) in [6, 6.07) is 24.9. The monoisotopic (exact) mass is 490 g/mol. The Kier molecular flexibility index (Phi) is 9.92. The molecule has 3 aromatic carbocycles. The van der Waals surface area contributed by atoms with Crippen LogP contribution in [0.1, 0.15) is 42.5 Å². The summed E-state index contributed by atoms with van der Waals surface area (Å²) >= 11 is 6.09. The van der Waals surface area contributed by atoms with Gasteiger partial charge in [0.1, 0.15) is 6.04 Å². The molecule has 3 rings (SSSR count). The van der Waals surface area contributed by atoms with Gasteiger partial charge in [0.15, 0.2) is 0 Å². The molecule has 0 aromatic heterocycles. The van der Waals surface area contributed by atoms with Crippen LogP contribution in [0.15, 0.2) is 78.9 Å². The van der Waals surface area contributed by atoms with Crippen LogP contribution in [0.3, 0.4) is 0 Å². The van der Waals surface area contributed by atoms with Crippen molar-refractivity contribution >= 4 is 23.4 Å². The van der Waals surface area contributed by atoms with E-state index in [1.54, 1.807) is 4.90 Å². The highest BCUT2D eigenvalue weighted by atomic mass is 35.5. The zero-order valence-electron chi connectivity index (χ0n) is 20.8. The van der Waals surface area contributed by atoms with Crippen molar-refractivity contribution in [1.29, 1.82) is 0 Å². The maximum atomic E-state index is 13.6. The van der Waals surface area contributed by atoms with Crippen molar-refractivity contribution in [2.24, 2.45) is 5.92 Å². The molecule has 0 aliphatic rings. The summed E-state index contributed by atoms with van der Waals surface area (Å²) in [6.07, 6.45) is 1.41. The lowest BCUT2D eigenvalue weighted by molar-refractivity contribution is -0.141. The number of halogens is 1. The molecule has 3 aromatic rings. The van der Waals surface area contributed by atoms with Crippen LogP contribution >= 0.6 is 11.6 Å². The van der Waals surface area contributed by atoms with Crippen LogP contribution in [0.2, 0.25) is 5.02 Å². The van der Waals surface area contributed by atoms with E-state index in [1.165, 1.54) is 5.56 Å². The molecule has 4 nitrogen and oxygen atoms in total. The molecular formula is C30H35ClN2O2. The third kappa shape index (κ3) is 8.56. The Hall–Kier alpha value is -3.11. The second-order valence-corrected chi connectivity index (χ2v) is 9.91. The summed E-state index contributed by atoms with van der Waals surface area (Å²) in [5.74, 6) is 0.152. The molecule has 5 heteroatoms. The third-order valence-corrected chi connectivity index (χ3v) is 6.22. The van der Waals surface area contributed by atoms with Crippen LogP contribution < -0.4 is 5.32 Å². The van der Waals surface area contributed by atoms with E-state index in [0.717, 1.165) is 16.7 Å². The molecule has 1 atom stereocenters. The summed E-state index contributed by atoms with van der Waals surface area (Å²) in [6.45, 7) is 7.08. The number of benzene rings is 3. The first-order valence-electron chi connectivity index (χ1n) is 12.2. The quantitative estimate of drug-likeness (QED) is 0.358. The van der Waals surface area contributed by atoms with Crippen molar-refractivity contribution in [2.75, 3.05) is 6.54 Å². The van der Waals surface area contributed by atoms with E-state index in [-0.39, 0.29) is 11.8 Å². The van der Waals surface area contributed by atoms with Gasteiger partial charge in [-0.2, -0.15) is 0 Å². The minimum absolute atomic E-state index is 0.0406. The van der Waals surface area contributed by atoms with Crippen LogP contribution in [0.5, 0.6) is 0 Å². The number of carbonyl (C=O) groups excluding carboxylic acids is 2. The SMILES string of the molecule is Cc1ccc(CCC(=O)N(Cc2ccc(Cl)cc2)[C@H](Cc2ccccc2)C(=O)NCC(C)C)cc1. The van der Waals surface area contributed by atoms with Gasteiger partial charge in [-0.15, -0.1) is 0 Å². The molecule has 0 saturated heterocycles. The Morgan fingerprint density at radius 2 is 1.49 bits per heavy atom. The third-order valence-electron chi connectivity index (χ3n) is 5.97. The molecule has 2 amide bonds. The number of rotatable bonds is 11. The van der Waals surface area contributed by atoms with E-state index in [9.17, 15) is 9.59 Å². The molecule has 0 bridgehead atoms. The molecule has 0 aliphatic carbocycles. The Morgan fingerprint density at radius 3 is 2.11 bits per heavy atom.